The number of carbonyl (C=O) groups excluding carboxylic acids is 4. The zero-order chi connectivity index (χ0) is 53.0. The fourth-order valence-electron chi connectivity index (χ4n) is 12.6. The highest BCUT2D eigenvalue weighted by Crippen LogP contribution is 2.57. The molecule has 4 aromatic carbocycles. The van der Waals surface area contributed by atoms with Crippen molar-refractivity contribution < 1.29 is 57.1 Å². The maximum absolute atomic E-state index is 14.2. The number of unbranched alkanes of at least 4 members (excludes halogenated alkanes) is 8. The molecule has 1 aliphatic carbocycles. The third-order valence-electron chi connectivity index (χ3n) is 16.3. The van der Waals surface area contributed by atoms with Crippen LogP contribution in [-0.2, 0) is 0 Å². The molecule has 4 aromatic rings. The Balaban J connectivity index is 1.54. The van der Waals surface area contributed by atoms with Gasteiger partial charge >= 0.3 is 0 Å². The lowest BCUT2D eigenvalue weighted by atomic mass is 9.74. The topological polar surface area (TPSA) is 142 Å². The second kappa shape index (κ2) is 26.3. The molecule has 0 unspecified atom stereocenters. The van der Waals surface area contributed by atoms with Crippen LogP contribution in [0.2, 0.25) is 0 Å². The van der Waals surface area contributed by atoms with Crippen LogP contribution in [0.15, 0.2) is 24.3 Å². The zero-order valence-corrected chi connectivity index (χ0v) is 45.6. The molecule has 0 saturated carbocycles. The minimum Gasteiger partial charge on any atom is -0.492 e. The lowest BCUT2D eigenvalue weighted by molar-refractivity contribution is 0.110. The summed E-state index contributed by atoms with van der Waals surface area (Å²) < 4.78 is 55.1. The van der Waals surface area contributed by atoms with Crippen LogP contribution >= 0.6 is 0 Å². The molecule has 0 radical (unpaired) electrons. The van der Waals surface area contributed by atoms with Crippen molar-refractivity contribution in [2.45, 2.75) is 180 Å². The van der Waals surface area contributed by atoms with Crippen LogP contribution in [0, 0.1) is 0 Å². The highest BCUT2D eigenvalue weighted by atomic mass is 16.5. The van der Waals surface area contributed by atoms with Gasteiger partial charge in [-0.25, -0.2) is 0 Å². The molecule has 0 saturated heterocycles. The minimum atomic E-state index is -0.435. The maximum Gasteiger partial charge on any atom is 0.157 e. The second-order valence-electron chi connectivity index (χ2n) is 21.4. The van der Waals surface area contributed by atoms with Crippen LogP contribution < -0.4 is 37.9 Å². The summed E-state index contributed by atoms with van der Waals surface area (Å²) in [6, 6.07) is 8.86. The molecule has 8 bridgehead atoms. The molecule has 0 amide bonds. The Morgan fingerprint density at radius 2 is 0.474 bits per heavy atom. The molecule has 0 N–H and O–H groups in total. The highest BCUT2D eigenvalue weighted by molar-refractivity contribution is 5.91. The van der Waals surface area contributed by atoms with E-state index < -0.39 is 23.7 Å². The van der Waals surface area contributed by atoms with Crippen molar-refractivity contribution in [3.05, 3.63) is 91.0 Å². The van der Waals surface area contributed by atoms with E-state index in [1.165, 1.54) is 0 Å². The van der Waals surface area contributed by atoms with Gasteiger partial charge in [0, 0.05) is 93.9 Å². The number of ether oxygens (including phenoxy) is 8. The van der Waals surface area contributed by atoms with E-state index in [-0.39, 0.29) is 52.9 Å². The van der Waals surface area contributed by atoms with Gasteiger partial charge < -0.3 is 37.9 Å². The standard InChI is InChI=1S/C64H80O12/c1-5-9-13-21-41-45-33-47-42(22-14-10-6-2)49-35-51-44(24-16-12-8-4)52-36-50-43(23-15-11-7-3)48-34-46(41)58-54(38-66)60(48)72-28-19-30-74-62(50)56(40-68)64(52)76-32-20-31-75-63(51)55(39-67)61(49)73-29-18-27-71-59(47)53(37-65)57(45)69-25-17-26-70-58/h33-44H,5-32H2,1-4H3. The summed E-state index contributed by atoms with van der Waals surface area (Å²) in [6.07, 6.45) is 19.1. The van der Waals surface area contributed by atoms with E-state index in [0.717, 1.165) is 147 Å². The van der Waals surface area contributed by atoms with Crippen LogP contribution in [0.3, 0.4) is 0 Å². The van der Waals surface area contributed by atoms with Gasteiger partial charge in [0.1, 0.15) is 46.0 Å². The number of carbonyl (C=O) groups is 4. The molecule has 76 heavy (non-hydrogen) atoms. The van der Waals surface area contributed by atoms with E-state index in [2.05, 4.69) is 52.0 Å². The van der Waals surface area contributed by atoms with Crippen molar-refractivity contribution in [1.82, 2.24) is 0 Å². The maximum atomic E-state index is 14.2. The van der Waals surface area contributed by atoms with E-state index in [1.807, 2.05) is 0 Å². The van der Waals surface area contributed by atoms with Crippen molar-refractivity contribution in [3.8, 4) is 46.0 Å². The van der Waals surface area contributed by atoms with Gasteiger partial charge in [-0.15, -0.1) is 0 Å². The predicted octanol–water partition coefficient (Wildman–Crippen LogP) is 14.7. The molecule has 4 heterocycles. The molecular weight excluding hydrogens is 961 g/mol. The van der Waals surface area contributed by atoms with Gasteiger partial charge in [-0.05, 0) is 49.9 Å². The first-order chi connectivity index (χ1) is 37.5. The fourth-order valence-corrected chi connectivity index (χ4v) is 12.6. The summed E-state index contributed by atoms with van der Waals surface area (Å²) in [5.74, 6) is 2.06. The number of rotatable bonds is 20. The molecule has 5 aliphatic rings. The summed E-state index contributed by atoms with van der Waals surface area (Å²) in [7, 11) is 0. The Kier molecular flexibility index (Phi) is 19.0. The van der Waals surface area contributed by atoms with Crippen LogP contribution in [-0.4, -0.2) is 78.0 Å². The average Bonchev–Trinajstić information content (AvgIpc) is 3.46. The SMILES string of the molecule is CCCCCC1c2cc3c4c(C=O)c2OCCCOc2c1cc1c(c2C=O)OCCCOc2c(cc5c(c2C=O)OCCCOc2c(cc(c(c2C=O)OCCCO4)C3CCCCC)C5CCCCC)C1CCCCC. The van der Waals surface area contributed by atoms with Crippen molar-refractivity contribution in [2.75, 3.05) is 52.9 Å². The molecule has 12 nitrogen and oxygen atoms in total. The molecule has 4 aliphatic heterocycles. The third-order valence-corrected chi connectivity index (χ3v) is 16.3. The first kappa shape index (κ1) is 54.7. The molecule has 408 valence electrons. The van der Waals surface area contributed by atoms with Crippen molar-refractivity contribution in [1.29, 1.82) is 0 Å². The first-order valence-electron chi connectivity index (χ1n) is 29.1. The van der Waals surface area contributed by atoms with Crippen LogP contribution in [0.4, 0.5) is 0 Å². The first-order valence-corrected chi connectivity index (χ1v) is 29.1. The van der Waals surface area contributed by atoms with Gasteiger partial charge in [0.25, 0.3) is 0 Å². The van der Waals surface area contributed by atoms with Crippen molar-refractivity contribution in [2.24, 2.45) is 0 Å². The van der Waals surface area contributed by atoms with Crippen LogP contribution in [0.5, 0.6) is 46.0 Å². The Bertz CT molecular complexity index is 2210. The van der Waals surface area contributed by atoms with Crippen LogP contribution in [0.25, 0.3) is 0 Å². The van der Waals surface area contributed by atoms with E-state index in [9.17, 15) is 19.2 Å². The lowest BCUT2D eigenvalue weighted by Crippen LogP contribution is -2.22. The number of aldehydes is 4. The Hall–Kier alpha value is -6.04. The minimum absolute atomic E-state index is 0.260. The average molecular weight is 1040 g/mol. The normalized spacial score (nSPS) is 19.5. The van der Waals surface area contributed by atoms with Gasteiger partial charge in [-0.3, -0.25) is 19.2 Å². The summed E-state index contributed by atoms with van der Waals surface area (Å²) in [4.78, 5) is 56.8. The van der Waals surface area contributed by atoms with E-state index in [0.29, 0.717) is 120 Å². The zero-order valence-electron chi connectivity index (χ0n) is 45.6. The molecule has 0 fully saturated rings. The second-order valence-corrected chi connectivity index (χ2v) is 21.4. The number of benzene rings is 4. The molecule has 12 heteroatoms. The summed E-state index contributed by atoms with van der Waals surface area (Å²) >= 11 is 0. The Morgan fingerprint density at radius 1 is 0.303 bits per heavy atom. The smallest absolute Gasteiger partial charge is 0.157 e. The Labute approximate surface area is 450 Å². The molecular formula is C64H80O12. The van der Waals surface area contributed by atoms with Gasteiger partial charge in [-0.2, -0.15) is 0 Å². The monoisotopic (exact) mass is 1040 g/mol. The highest BCUT2D eigenvalue weighted by Gasteiger charge is 2.40. The molecule has 0 aromatic heterocycles. The van der Waals surface area contributed by atoms with E-state index >= 15 is 0 Å². The summed E-state index contributed by atoms with van der Waals surface area (Å²) in [5.41, 5.74) is 7.90. The quantitative estimate of drug-likeness (QED) is 0.0614. The number of hydrogen-bond acceptors (Lipinski definition) is 12. The van der Waals surface area contributed by atoms with Gasteiger partial charge in [0.2, 0.25) is 0 Å². The predicted molar refractivity (Wildman–Crippen MR) is 294 cm³/mol. The lowest BCUT2D eigenvalue weighted by Gasteiger charge is -2.35. The summed E-state index contributed by atoms with van der Waals surface area (Å²) in [6.45, 7) is 10.8. The molecule has 0 spiro atoms. The van der Waals surface area contributed by atoms with Gasteiger partial charge in [0.15, 0.2) is 25.1 Å². The van der Waals surface area contributed by atoms with Crippen molar-refractivity contribution >= 4 is 25.1 Å². The van der Waals surface area contributed by atoms with Crippen LogP contribution in [0.1, 0.15) is 266 Å². The fraction of sp³-hybridized carbons (Fsp3) is 0.562. The molecule has 9 rings (SSSR count). The largest absolute Gasteiger partial charge is 0.492 e. The van der Waals surface area contributed by atoms with E-state index in [1.54, 1.807) is 0 Å². The summed E-state index contributed by atoms with van der Waals surface area (Å²) in [5, 5.41) is 0. The van der Waals surface area contributed by atoms with Crippen molar-refractivity contribution in [3.63, 3.8) is 0 Å². The third kappa shape index (κ3) is 11.1. The van der Waals surface area contributed by atoms with Gasteiger partial charge in [0.05, 0.1) is 75.1 Å². The molecule has 0 atom stereocenters. The number of hydrogen-bond donors (Lipinski definition) is 0. The Morgan fingerprint density at radius 3 is 0.618 bits per heavy atom. The van der Waals surface area contributed by atoms with E-state index in [4.69, 9.17) is 37.9 Å². The van der Waals surface area contributed by atoms with Gasteiger partial charge in [-0.1, -0.05) is 105 Å².